The van der Waals surface area contributed by atoms with E-state index in [2.05, 4.69) is 17.1 Å². The van der Waals surface area contributed by atoms with Crippen LogP contribution in [-0.2, 0) is 0 Å². The average Bonchev–Trinajstić information content (AvgIpc) is 2.29. The summed E-state index contributed by atoms with van der Waals surface area (Å²) in [6.45, 7) is 8.41. The van der Waals surface area contributed by atoms with E-state index in [1.165, 1.54) is 5.56 Å². The minimum Gasteiger partial charge on any atom is -0.314 e. The highest BCUT2D eigenvalue weighted by Gasteiger charge is 2.19. The molecule has 2 rings (SSSR count). The Labute approximate surface area is 121 Å². The number of piperazine rings is 1. The molecule has 104 valence electrons. The topological polar surface area (TPSA) is 15.3 Å². The van der Waals surface area contributed by atoms with Crippen molar-refractivity contribution >= 4 is 24.8 Å². The molecule has 0 unspecified atom stereocenters. The second-order valence-electron chi connectivity index (χ2n) is 4.46. The predicted molar refractivity (Wildman–Crippen MR) is 78.5 cm³/mol. The van der Waals surface area contributed by atoms with E-state index < -0.39 is 0 Å². The number of hydrogen-bond donors (Lipinski definition) is 1. The summed E-state index contributed by atoms with van der Waals surface area (Å²) in [5.74, 6) is -0.145. The van der Waals surface area contributed by atoms with Gasteiger partial charge in [0.25, 0.3) is 0 Å². The van der Waals surface area contributed by atoms with Crippen LogP contribution < -0.4 is 5.32 Å². The Morgan fingerprint density at radius 3 is 2.39 bits per heavy atom. The zero-order valence-corrected chi connectivity index (χ0v) is 12.4. The summed E-state index contributed by atoms with van der Waals surface area (Å²) in [5.41, 5.74) is 2.29. The largest absolute Gasteiger partial charge is 0.314 e. The van der Waals surface area contributed by atoms with Crippen LogP contribution in [0.4, 0.5) is 4.39 Å². The Hall–Kier alpha value is -0.350. The maximum atomic E-state index is 13.0. The molecule has 2 nitrogen and oxygen atoms in total. The lowest BCUT2D eigenvalue weighted by atomic mass is 10.0. The summed E-state index contributed by atoms with van der Waals surface area (Å²) < 4.78 is 13.0. The second-order valence-corrected chi connectivity index (χ2v) is 4.46. The van der Waals surface area contributed by atoms with Gasteiger partial charge >= 0.3 is 0 Å². The van der Waals surface area contributed by atoms with Gasteiger partial charge in [-0.15, -0.1) is 24.8 Å². The molecular formula is C13H21Cl2FN2. The second kappa shape index (κ2) is 7.95. The summed E-state index contributed by atoms with van der Waals surface area (Å²) in [4.78, 5) is 2.44. The lowest BCUT2D eigenvalue weighted by molar-refractivity contribution is 0.185. The van der Waals surface area contributed by atoms with Crippen LogP contribution in [0.3, 0.4) is 0 Å². The molecule has 0 aliphatic carbocycles. The van der Waals surface area contributed by atoms with E-state index in [0.717, 1.165) is 31.7 Å². The van der Waals surface area contributed by atoms with E-state index in [0.29, 0.717) is 6.04 Å². The number of halogens is 3. The maximum Gasteiger partial charge on any atom is 0.123 e. The molecule has 1 heterocycles. The molecule has 0 amide bonds. The van der Waals surface area contributed by atoms with Crippen molar-refractivity contribution in [1.82, 2.24) is 10.2 Å². The van der Waals surface area contributed by atoms with E-state index in [9.17, 15) is 4.39 Å². The van der Waals surface area contributed by atoms with Gasteiger partial charge in [0.05, 0.1) is 0 Å². The minimum absolute atomic E-state index is 0. The molecule has 1 fully saturated rings. The van der Waals surface area contributed by atoms with Crippen molar-refractivity contribution in [3.63, 3.8) is 0 Å². The fourth-order valence-electron chi connectivity index (χ4n) is 2.37. The zero-order valence-electron chi connectivity index (χ0n) is 10.8. The van der Waals surface area contributed by atoms with Gasteiger partial charge in [-0.3, -0.25) is 4.90 Å². The Morgan fingerprint density at radius 2 is 1.83 bits per heavy atom. The Bertz CT molecular complexity index is 368. The third-order valence-electron chi connectivity index (χ3n) is 3.38. The first kappa shape index (κ1) is 17.6. The van der Waals surface area contributed by atoms with Crippen molar-refractivity contribution in [2.75, 3.05) is 26.2 Å². The fraction of sp³-hybridized carbons (Fsp3) is 0.538. The Balaban J connectivity index is 0.00000144. The molecule has 1 aromatic rings. The highest BCUT2D eigenvalue weighted by atomic mass is 35.5. The van der Waals surface area contributed by atoms with Crippen molar-refractivity contribution in [2.24, 2.45) is 0 Å². The van der Waals surface area contributed by atoms with Crippen molar-refractivity contribution in [2.45, 2.75) is 19.9 Å². The number of benzene rings is 1. The average molecular weight is 295 g/mol. The molecule has 1 aliphatic rings. The van der Waals surface area contributed by atoms with E-state index in [-0.39, 0.29) is 30.6 Å². The summed E-state index contributed by atoms with van der Waals surface area (Å²) in [6, 6.07) is 5.47. The lowest BCUT2D eigenvalue weighted by Crippen LogP contribution is -2.44. The minimum atomic E-state index is -0.145. The maximum absolute atomic E-state index is 13.0. The van der Waals surface area contributed by atoms with Gasteiger partial charge in [-0.05, 0) is 37.1 Å². The molecule has 0 saturated carbocycles. The molecule has 1 atom stereocenters. The van der Waals surface area contributed by atoms with Gasteiger partial charge < -0.3 is 5.32 Å². The van der Waals surface area contributed by atoms with Crippen LogP contribution in [0.15, 0.2) is 18.2 Å². The van der Waals surface area contributed by atoms with Crippen molar-refractivity contribution < 1.29 is 4.39 Å². The summed E-state index contributed by atoms with van der Waals surface area (Å²) in [6.07, 6.45) is 0. The first-order valence-corrected chi connectivity index (χ1v) is 5.89. The monoisotopic (exact) mass is 294 g/mol. The van der Waals surface area contributed by atoms with E-state index in [4.69, 9.17) is 0 Å². The molecule has 0 aromatic heterocycles. The van der Waals surface area contributed by atoms with Crippen LogP contribution in [0, 0.1) is 12.7 Å². The van der Waals surface area contributed by atoms with Crippen LogP contribution in [0.2, 0.25) is 0 Å². The van der Waals surface area contributed by atoms with Gasteiger partial charge in [-0.1, -0.05) is 6.07 Å². The standard InChI is InChI=1S/C13H19FN2.2ClH/c1-10-9-12(14)3-4-13(10)11(2)16-7-5-15-6-8-16;;/h3-4,9,11,15H,5-8H2,1-2H3;2*1H/t11-;;/m0../s1. The number of rotatable bonds is 2. The van der Waals surface area contributed by atoms with Gasteiger partial charge in [0, 0.05) is 32.2 Å². The lowest BCUT2D eigenvalue weighted by Gasteiger charge is -2.33. The summed E-state index contributed by atoms with van der Waals surface area (Å²) >= 11 is 0. The van der Waals surface area contributed by atoms with Crippen LogP contribution in [0.25, 0.3) is 0 Å². The molecule has 0 spiro atoms. The normalized spacial score (nSPS) is 17.5. The van der Waals surface area contributed by atoms with Crippen LogP contribution in [0.5, 0.6) is 0 Å². The zero-order chi connectivity index (χ0) is 11.5. The van der Waals surface area contributed by atoms with Gasteiger partial charge in [0.1, 0.15) is 5.82 Å². The third kappa shape index (κ3) is 4.09. The molecule has 0 bridgehead atoms. The highest BCUT2D eigenvalue weighted by molar-refractivity contribution is 5.85. The molecule has 5 heteroatoms. The van der Waals surface area contributed by atoms with E-state index >= 15 is 0 Å². The smallest absolute Gasteiger partial charge is 0.123 e. The fourth-order valence-corrected chi connectivity index (χ4v) is 2.37. The van der Waals surface area contributed by atoms with Crippen molar-refractivity contribution in [3.8, 4) is 0 Å². The number of aryl methyl sites for hydroxylation is 1. The van der Waals surface area contributed by atoms with Gasteiger partial charge in [-0.2, -0.15) is 0 Å². The molecule has 18 heavy (non-hydrogen) atoms. The molecule has 1 aromatic carbocycles. The molecular weight excluding hydrogens is 274 g/mol. The van der Waals surface area contributed by atoms with Gasteiger partial charge in [0.15, 0.2) is 0 Å². The van der Waals surface area contributed by atoms with Gasteiger partial charge in [-0.25, -0.2) is 4.39 Å². The molecule has 0 radical (unpaired) electrons. The van der Waals surface area contributed by atoms with Gasteiger partial charge in [0.2, 0.25) is 0 Å². The number of hydrogen-bond acceptors (Lipinski definition) is 2. The van der Waals surface area contributed by atoms with Crippen molar-refractivity contribution in [1.29, 1.82) is 0 Å². The molecule has 1 saturated heterocycles. The first-order valence-electron chi connectivity index (χ1n) is 5.89. The SMILES string of the molecule is Cc1cc(F)ccc1[C@H](C)N1CCNCC1.Cl.Cl. The van der Waals surface area contributed by atoms with Crippen LogP contribution >= 0.6 is 24.8 Å². The van der Waals surface area contributed by atoms with Crippen LogP contribution in [0.1, 0.15) is 24.1 Å². The van der Waals surface area contributed by atoms with E-state index in [1.54, 1.807) is 12.1 Å². The summed E-state index contributed by atoms with van der Waals surface area (Å²) in [7, 11) is 0. The van der Waals surface area contributed by atoms with E-state index in [1.807, 2.05) is 13.0 Å². The summed E-state index contributed by atoms with van der Waals surface area (Å²) in [5, 5.41) is 3.34. The van der Waals surface area contributed by atoms with Crippen molar-refractivity contribution in [3.05, 3.63) is 35.1 Å². The van der Waals surface area contributed by atoms with Crippen LogP contribution in [-0.4, -0.2) is 31.1 Å². The Kier molecular flexibility index (Phi) is 7.79. The first-order chi connectivity index (χ1) is 7.68. The quantitative estimate of drug-likeness (QED) is 0.902. The highest BCUT2D eigenvalue weighted by Crippen LogP contribution is 2.24. The number of nitrogens with zero attached hydrogens (tertiary/aromatic N) is 1. The molecule has 1 N–H and O–H groups in total. The molecule has 1 aliphatic heterocycles. The third-order valence-corrected chi connectivity index (χ3v) is 3.38. The number of nitrogens with one attached hydrogen (secondary N) is 1. The Morgan fingerprint density at radius 1 is 1.22 bits per heavy atom. The predicted octanol–water partition coefficient (Wildman–Crippen LogP) is 2.94.